The van der Waals surface area contributed by atoms with E-state index in [0.717, 1.165) is 11.3 Å². The van der Waals surface area contributed by atoms with Gasteiger partial charge in [0.05, 0.1) is 11.5 Å². The fourth-order valence-corrected chi connectivity index (χ4v) is 3.50. The van der Waals surface area contributed by atoms with Crippen LogP contribution in [-0.4, -0.2) is 22.3 Å². The molecule has 1 heterocycles. The van der Waals surface area contributed by atoms with Gasteiger partial charge in [0.1, 0.15) is 0 Å². The highest BCUT2D eigenvalue weighted by molar-refractivity contribution is 7.09. The molecule has 28 heavy (non-hydrogen) atoms. The standard InChI is InChI=1S/C22H20N2O3S/c25-22(12-11-19-8-4-9-20(16-19)24(26)27)23(17-21-10-5-15-28-21)14-13-18-6-2-1-3-7-18/h1-12,15-16H,13-14,17H2/b12-11+. The number of hydrogen-bond acceptors (Lipinski definition) is 4. The number of non-ortho nitro benzene ring substituents is 1. The number of nitro groups is 1. The van der Waals surface area contributed by atoms with Gasteiger partial charge < -0.3 is 4.90 Å². The summed E-state index contributed by atoms with van der Waals surface area (Å²) in [5.74, 6) is -0.115. The summed E-state index contributed by atoms with van der Waals surface area (Å²) in [6.45, 7) is 1.14. The van der Waals surface area contributed by atoms with Crippen molar-refractivity contribution in [3.05, 3.63) is 104 Å². The Balaban J connectivity index is 1.71. The van der Waals surface area contributed by atoms with Crippen LogP contribution in [0.3, 0.4) is 0 Å². The number of thiophene rings is 1. The molecule has 0 aliphatic carbocycles. The number of carbonyl (C=O) groups is 1. The smallest absolute Gasteiger partial charge is 0.270 e. The first-order valence-electron chi connectivity index (χ1n) is 8.89. The van der Waals surface area contributed by atoms with Gasteiger partial charge in [0.15, 0.2) is 0 Å². The average molecular weight is 392 g/mol. The van der Waals surface area contributed by atoms with E-state index in [1.165, 1.54) is 23.8 Å². The Morgan fingerprint density at radius 3 is 2.61 bits per heavy atom. The van der Waals surface area contributed by atoms with Crippen molar-refractivity contribution in [2.24, 2.45) is 0 Å². The van der Waals surface area contributed by atoms with Crippen LogP contribution in [0.25, 0.3) is 6.08 Å². The van der Waals surface area contributed by atoms with Crippen molar-refractivity contribution < 1.29 is 9.72 Å². The number of nitrogens with zero attached hydrogens (tertiary/aromatic N) is 2. The predicted molar refractivity (Wildman–Crippen MR) is 112 cm³/mol. The largest absolute Gasteiger partial charge is 0.334 e. The van der Waals surface area contributed by atoms with Crippen molar-refractivity contribution in [3.63, 3.8) is 0 Å². The van der Waals surface area contributed by atoms with E-state index in [4.69, 9.17) is 0 Å². The summed E-state index contributed by atoms with van der Waals surface area (Å²) in [6, 6.07) is 20.3. The molecular formula is C22H20N2O3S. The Kier molecular flexibility index (Phi) is 6.70. The van der Waals surface area contributed by atoms with E-state index in [0.29, 0.717) is 18.7 Å². The molecule has 142 valence electrons. The lowest BCUT2D eigenvalue weighted by Crippen LogP contribution is -2.30. The number of amides is 1. The molecule has 3 rings (SSSR count). The second-order valence-corrected chi connectivity index (χ2v) is 7.29. The summed E-state index contributed by atoms with van der Waals surface area (Å²) < 4.78 is 0. The molecule has 1 amide bonds. The van der Waals surface area contributed by atoms with Crippen LogP contribution in [0.15, 0.2) is 78.2 Å². The maximum atomic E-state index is 12.8. The van der Waals surface area contributed by atoms with E-state index < -0.39 is 4.92 Å². The van der Waals surface area contributed by atoms with Gasteiger partial charge in [0, 0.05) is 29.6 Å². The van der Waals surface area contributed by atoms with Crippen molar-refractivity contribution in [3.8, 4) is 0 Å². The second kappa shape index (κ2) is 9.62. The summed E-state index contributed by atoms with van der Waals surface area (Å²) in [7, 11) is 0. The monoisotopic (exact) mass is 392 g/mol. The molecule has 0 atom stereocenters. The quantitative estimate of drug-likeness (QED) is 0.310. The second-order valence-electron chi connectivity index (χ2n) is 6.26. The zero-order valence-corrected chi connectivity index (χ0v) is 16.0. The summed E-state index contributed by atoms with van der Waals surface area (Å²) in [5.41, 5.74) is 1.81. The Labute approximate surface area is 167 Å². The normalized spacial score (nSPS) is 10.9. The van der Waals surface area contributed by atoms with E-state index in [9.17, 15) is 14.9 Å². The third-order valence-electron chi connectivity index (χ3n) is 4.25. The molecule has 5 nitrogen and oxygen atoms in total. The van der Waals surface area contributed by atoms with Crippen LogP contribution >= 0.6 is 11.3 Å². The molecule has 0 aliphatic rings. The van der Waals surface area contributed by atoms with E-state index in [2.05, 4.69) is 0 Å². The minimum Gasteiger partial charge on any atom is -0.334 e. The van der Waals surface area contributed by atoms with Gasteiger partial charge in [-0.1, -0.05) is 48.5 Å². The molecule has 0 saturated carbocycles. The highest BCUT2D eigenvalue weighted by Crippen LogP contribution is 2.16. The Morgan fingerprint density at radius 2 is 1.89 bits per heavy atom. The van der Waals surface area contributed by atoms with Crippen molar-refractivity contribution in [2.75, 3.05) is 6.54 Å². The summed E-state index contributed by atoms with van der Waals surface area (Å²) in [4.78, 5) is 26.2. The Morgan fingerprint density at radius 1 is 1.07 bits per heavy atom. The van der Waals surface area contributed by atoms with Crippen LogP contribution < -0.4 is 0 Å². The lowest BCUT2D eigenvalue weighted by molar-refractivity contribution is -0.384. The summed E-state index contributed by atoms with van der Waals surface area (Å²) >= 11 is 1.62. The Hall–Kier alpha value is -3.25. The third kappa shape index (κ3) is 5.62. The highest BCUT2D eigenvalue weighted by atomic mass is 32.1. The lowest BCUT2D eigenvalue weighted by Gasteiger charge is -2.20. The minimum absolute atomic E-state index is 0.00844. The zero-order valence-electron chi connectivity index (χ0n) is 15.2. The average Bonchev–Trinajstić information content (AvgIpc) is 3.23. The summed E-state index contributed by atoms with van der Waals surface area (Å²) in [5, 5.41) is 12.9. The molecule has 1 aromatic heterocycles. The number of rotatable bonds is 8. The van der Waals surface area contributed by atoms with Crippen molar-refractivity contribution >= 4 is 29.0 Å². The fraction of sp³-hybridized carbons (Fsp3) is 0.136. The van der Waals surface area contributed by atoms with E-state index in [1.807, 2.05) is 47.8 Å². The predicted octanol–water partition coefficient (Wildman–Crippen LogP) is 4.94. The summed E-state index contributed by atoms with van der Waals surface area (Å²) in [6.07, 6.45) is 3.87. The van der Waals surface area contributed by atoms with Gasteiger partial charge in [-0.05, 0) is 35.1 Å². The molecule has 3 aromatic rings. The van der Waals surface area contributed by atoms with Crippen molar-refractivity contribution in [1.29, 1.82) is 0 Å². The number of nitro benzene ring substituents is 1. The van der Waals surface area contributed by atoms with Gasteiger partial charge in [-0.3, -0.25) is 14.9 Å². The molecule has 0 unspecified atom stereocenters. The third-order valence-corrected chi connectivity index (χ3v) is 5.11. The molecule has 0 spiro atoms. The van der Waals surface area contributed by atoms with E-state index >= 15 is 0 Å². The van der Waals surface area contributed by atoms with E-state index in [1.54, 1.807) is 34.4 Å². The van der Waals surface area contributed by atoms with Crippen LogP contribution in [0.2, 0.25) is 0 Å². The Bertz CT molecular complexity index is 953. The number of hydrogen-bond donors (Lipinski definition) is 0. The number of benzene rings is 2. The molecule has 0 aliphatic heterocycles. The first-order valence-corrected chi connectivity index (χ1v) is 9.77. The van der Waals surface area contributed by atoms with Gasteiger partial charge in [-0.2, -0.15) is 0 Å². The minimum atomic E-state index is -0.442. The molecule has 0 N–H and O–H groups in total. The number of carbonyl (C=O) groups excluding carboxylic acids is 1. The SMILES string of the molecule is O=C(/C=C/c1cccc([N+](=O)[O-])c1)N(CCc1ccccc1)Cc1cccs1. The molecule has 0 bridgehead atoms. The molecular weight excluding hydrogens is 372 g/mol. The van der Waals surface area contributed by atoms with Crippen LogP contribution in [0.1, 0.15) is 16.0 Å². The van der Waals surface area contributed by atoms with Crippen LogP contribution in [0.4, 0.5) is 5.69 Å². The first-order chi connectivity index (χ1) is 13.6. The molecule has 6 heteroatoms. The van der Waals surface area contributed by atoms with Crippen LogP contribution in [0, 0.1) is 10.1 Å². The van der Waals surface area contributed by atoms with Crippen LogP contribution in [0.5, 0.6) is 0 Å². The lowest BCUT2D eigenvalue weighted by atomic mass is 10.1. The fourth-order valence-electron chi connectivity index (χ4n) is 2.78. The maximum Gasteiger partial charge on any atom is 0.270 e. The molecule has 2 aromatic carbocycles. The van der Waals surface area contributed by atoms with Gasteiger partial charge in [0.2, 0.25) is 5.91 Å². The molecule has 0 radical (unpaired) electrons. The van der Waals surface area contributed by atoms with Gasteiger partial charge >= 0.3 is 0 Å². The van der Waals surface area contributed by atoms with Crippen LogP contribution in [-0.2, 0) is 17.8 Å². The first kappa shape index (κ1) is 19.5. The zero-order chi connectivity index (χ0) is 19.8. The van der Waals surface area contributed by atoms with Gasteiger partial charge in [0.25, 0.3) is 5.69 Å². The van der Waals surface area contributed by atoms with Gasteiger partial charge in [-0.15, -0.1) is 11.3 Å². The maximum absolute atomic E-state index is 12.8. The topological polar surface area (TPSA) is 63.4 Å². The van der Waals surface area contributed by atoms with Crippen molar-refractivity contribution in [1.82, 2.24) is 4.90 Å². The van der Waals surface area contributed by atoms with Crippen molar-refractivity contribution in [2.45, 2.75) is 13.0 Å². The van der Waals surface area contributed by atoms with Gasteiger partial charge in [-0.25, -0.2) is 0 Å². The molecule has 0 fully saturated rings. The molecule has 0 saturated heterocycles. The van der Waals surface area contributed by atoms with E-state index in [-0.39, 0.29) is 11.6 Å². The highest BCUT2D eigenvalue weighted by Gasteiger charge is 2.12.